The molecule has 0 aromatic heterocycles. The highest BCUT2D eigenvalue weighted by Gasteiger charge is 2.17. The summed E-state index contributed by atoms with van der Waals surface area (Å²) < 4.78 is 6.66. The zero-order valence-electron chi connectivity index (χ0n) is 12.3. The van der Waals surface area contributed by atoms with Crippen molar-refractivity contribution in [2.24, 2.45) is 0 Å². The second-order valence-corrected chi connectivity index (χ2v) is 7.39. The van der Waals surface area contributed by atoms with Crippen LogP contribution in [0.4, 0.5) is 0 Å². The lowest BCUT2D eigenvalue weighted by molar-refractivity contribution is -0.119. The van der Waals surface area contributed by atoms with Crippen LogP contribution < -0.4 is 5.32 Å². The highest BCUT2D eigenvalue weighted by atomic mass is 79.9. The lowest BCUT2D eigenvalue weighted by atomic mass is 10.1. The van der Waals surface area contributed by atoms with Crippen molar-refractivity contribution in [1.29, 1.82) is 0 Å². The third-order valence-electron chi connectivity index (χ3n) is 3.54. The molecule has 21 heavy (non-hydrogen) atoms. The average Bonchev–Trinajstić information content (AvgIpc) is 2.98. The van der Waals surface area contributed by atoms with E-state index < -0.39 is 0 Å². The normalized spacial score (nSPS) is 19.4. The number of hydrogen-bond acceptors (Lipinski definition) is 3. The summed E-state index contributed by atoms with van der Waals surface area (Å²) in [6.07, 6.45) is 4.78. The summed E-state index contributed by atoms with van der Waals surface area (Å²) in [5, 5.41) is 3.06. The number of rotatable bonds is 7. The van der Waals surface area contributed by atoms with Crippen LogP contribution in [0.2, 0.25) is 0 Å². The van der Waals surface area contributed by atoms with Gasteiger partial charge in [0, 0.05) is 22.0 Å². The highest BCUT2D eigenvalue weighted by Crippen LogP contribution is 2.21. The number of halogens is 1. The van der Waals surface area contributed by atoms with Crippen molar-refractivity contribution in [3.05, 3.63) is 28.7 Å². The topological polar surface area (TPSA) is 38.3 Å². The van der Waals surface area contributed by atoms with Crippen LogP contribution >= 0.6 is 27.7 Å². The van der Waals surface area contributed by atoms with E-state index in [0.29, 0.717) is 11.9 Å². The van der Waals surface area contributed by atoms with Gasteiger partial charge in [-0.3, -0.25) is 4.79 Å². The Labute approximate surface area is 139 Å². The minimum absolute atomic E-state index is 0.0998. The zero-order chi connectivity index (χ0) is 15.1. The molecule has 2 atom stereocenters. The first-order valence-corrected chi connectivity index (χ1v) is 9.20. The van der Waals surface area contributed by atoms with Crippen LogP contribution in [0.25, 0.3) is 0 Å². The van der Waals surface area contributed by atoms with E-state index in [-0.39, 0.29) is 11.9 Å². The summed E-state index contributed by atoms with van der Waals surface area (Å²) >= 11 is 4.97. The molecule has 1 aromatic rings. The summed E-state index contributed by atoms with van der Waals surface area (Å²) in [6, 6.07) is 8.23. The van der Waals surface area contributed by atoms with Crippen LogP contribution in [0.3, 0.4) is 0 Å². The van der Waals surface area contributed by atoms with Gasteiger partial charge in [-0.1, -0.05) is 15.9 Å². The summed E-state index contributed by atoms with van der Waals surface area (Å²) in [7, 11) is 0. The predicted molar refractivity (Wildman–Crippen MR) is 90.7 cm³/mol. The lowest BCUT2D eigenvalue weighted by Gasteiger charge is -2.16. The molecule has 1 aliphatic heterocycles. The number of carbonyl (C=O) groups is 1. The van der Waals surface area contributed by atoms with Gasteiger partial charge in [-0.2, -0.15) is 0 Å². The summed E-state index contributed by atoms with van der Waals surface area (Å²) in [6.45, 7) is 2.96. The number of benzene rings is 1. The Morgan fingerprint density at radius 3 is 2.90 bits per heavy atom. The number of thioether (sulfide) groups is 1. The van der Waals surface area contributed by atoms with Crippen molar-refractivity contribution in [2.75, 3.05) is 12.4 Å². The molecule has 1 heterocycles. The quantitative estimate of drug-likeness (QED) is 0.735. The fourth-order valence-corrected chi connectivity index (χ4v) is 3.35. The van der Waals surface area contributed by atoms with Crippen LogP contribution in [-0.4, -0.2) is 30.4 Å². The molecule has 5 heteroatoms. The second kappa shape index (κ2) is 8.81. The largest absolute Gasteiger partial charge is 0.378 e. The molecular weight excluding hydrogens is 350 g/mol. The molecule has 0 spiro atoms. The smallest absolute Gasteiger partial charge is 0.230 e. The van der Waals surface area contributed by atoms with E-state index in [4.69, 9.17) is 4.74 Å². The monoisotopic (exact) mass is 371 g/mol. The predicted octanol–water partition coefficient (Wildman–Crippen LogP) is 4.01. The van der Waals surface area contributed by atoms with Crippen LogP contribution in [0, 0.1) is 0 Å². The Hall–Kier alpha value is -0.520. The van der Waals surface area contributed by atoms with Crippen LogP contribution in [-0.2, 0) is 9.53 Å². The third-order valence-corrected chi connectivity index (χ3v) is 5.08. The molecule has 1 fully saturated rings. The van der Waals surface area contributed by atoms with Crippen molar-refractivity contribution >= 4 is 33.6 Å². The molecule has 0 radical (unpaired) electrons. The first-order valence-electron chi connectivity index (χ1n) is 7.43. The van der Waals surface area contributed by atoms with Crippen molar-refractivity contribution < 1.29 is 9.53 Å². The van der Waals surface area contributed by atoms with Crippen LogP contribution in [0.5, 0.6) is 0 Å². The van der Waals surface area contributed by atoms with Gasteiger partial charge in [0.05, 0.1) is 11.9 Å². The van der Waals surface area contributed by atoms with Crippen LogP contribution in [0.1, 0.15) is 32.6 Å². The number of amides is 1. The standard InChI is InChI=1S/C16H22BrNO2S/c1-12(4-7-14-3-2-10-20-14)18-16(19)11-21-15-8-5-13(17)6-9-15/h5-6,8-9,12,14H,2-4,7,10-11H2,1H3,(H,18,19). The van der Waals surface area contributed by atoms with E-state index in [9.17, 15) is 4.79 Å². The van der Waals surface area contributed by atoms with E-state index in [1.807, 2.05) is 24.3 Å². The molecule has 2 rings (SSSR count). The minimum atomic E-state index is 0.0998. The van der Waals surface area contributed by atoms with Crippen molar-refractivity contribution in [3.63, 3.8) is 0 Å². The number of ether oxygens (including phenoxy) is 1. The Bertz CT molecular complexity index is 446. The van der Waals surface area contributed by atoms with Gasteiger partial charge in [-0.25, -0.2) is 0 Å². The molecule has 1 amide bonds. The first-order chi connectivity index (χ1) is 10.1. The first kappa shape index (κ1) is 16.8. The van der Waals surface area contributed by atoms with Gasteiger partial charge < -0.3 is 10.1 Å². The molecule has 1 saturated heterocycles. The van der Waals surface area contributed by atoms with E-state index in [0.717, 1.165) is 28.8 Å². The zero-order valence-corrected chi connectivity index (χ0v) is 14.7. The maximum absolute atomic E-state index is 11.9. The molecule has 0 aliphatic carbocycles. The fraction of sp³-hybridized carbons (Fsp3) is 0.562. The van der Waals surface area contributed by atoms with E-state index in [1.54, 1.807) is 11.8 Å². The van der Waals surface area contributed by atoms with Crippen molar-refractivity contribution in [3.8, 4) is 0 Å². The van der Waals surface area contributed by atoms with Crippen LogP contribution in [0.15, 0.2) is 33.6 Å². The SMILES string of the molecule is CC(CCC1CCCO1)NC(=O)CSc1ccc(Br)cc1. The molecule has 0 bridgehead atoms. The molecule has 1 aliphatic rings. The van der Waals surface area contributed by atoms with E-state index in [2.05, 4.69) is 28.2 Å². The summed E-state index contributed by atoms with van der Waals surface area (Å²) in [4.78, 5) is 13.0. The van der Waals surface area contributed by atoms with Gasteiger partial charge in [0.1, 0.15) is 0 Å². The van der Waals surface area contributed by atoms with Gasteiger partial charge in [-0.05, 0) is 56.9 Å². The van der Waals surface area contributed by atoms with Gasteiger partial charge in [0.25, 0.3) is 0 Å². The summed E-state index contributed by atoms with van der Waals surface area (Å²) in [5.41, 5.74) is 0. The van der Waals surface area contributed by atoms with Gasteiger partial charge >= 0.3 is 0 Å². The maximum atomic E-state index is 11.9. The molecule has 0 saturated carbocycles. The summed E-state index contributed by atoms with van der Waals surface area (Å²) in [5.74, 6) is 0.564. The van der Waals surface area contributed by atoms with Gasteiger partial charge in [0.15, 0.2) is 0 Å². The Kier molecular flexibility index (Phi) is 7.07. The molecule has 3 nitrogen and oxygen atoms in total. The lowest BCUT2D eigenvalue weighted by Crippen LogP contribution is -2.34. The molecule has 2 unspecified atom stereocenters. The highest BCUT2D eigenvalue weighted by molar-refractivity contribution is 9.10. The molecule has 1 N–H and O–H groups in total. The third kappa shape index (κ3) is 6.41. The Morgan fingerprint density at radius 2 is 2.24 bits per heavy atom. The fourth-order valence-electron chi connectivity index (χ4n) is 2.38. The van der Waals surface area contributed by atoms with E-state index in [1.165, 1.54) is 12.8 Å². The molecular formula is C16H22BrNO2S. The molecule has 1 aromatic carbocycles. The Morgan fingerprint density at radius 1 is 1.48 bits per heavy atom. The number of nitrogens with one attached hydrogen (secondary N) is 1. The van der Waals surface area contributed by atoms with Gasteiger partial charge in [0.2, 0.25) is 5.91 Å². The maximum Gasteiger partial charge on any atom is 0.230 e. The minimum Gasteiger partial charge on any atom is -0.378 e. The Balaban J connectivity index is 1.62. The van der Waals surface area contributed by atoms with Gasteiger partial charge in [-0.15, -0.1) is 11.8 Å². The number of carbonyl (C=O) groups excluding carboxylic acids is 1. The molecule has 116 valence electrons. The van der Waals surface area contributed by atoms with E-state index >= 15 is 0 Å². The second-order valence-electron chi connectivity index (χ2n) is 5.42. The van der Waals surface area contributed by atoms with Crippen molar-refractivity contribution in [1.82, 2.24) is 5.32 Å². The average molecular weight is 372 g/mol. The van der Waals surface area contributed by atoms with Crippen molar-refractivity contribution in [2.45, 2.75) is 49.6 Å². The number of hydrogen-bond donors (Lipinski definition) is 1.